The van der Waals surface area contributed by atoms with Crippen LogP contribution in [-0.4, -0.2) is 16.3 Å². The molecule has 4 nitrogen and oxygen atoms in total. The van der Waals surface area contributed by atoms with Crippen molar-refractivity contribution in [2.75, 3.05) is 0 Å². The number of alkyl halides is 2. The van der Waals surface area contributed by atoms with E-state index in [-0.39, 0.29) is 12.2 Å². The predicted octanol–water partition coefficient (Wildman–Crippen LogP) is 1.38. The van der Waals surface area contributed by atoms with Crippen molar-refractivity contribution in [3.05, 3.63) is 11.9 Å². The summed E-state index contributed by atoms with van der Waals surface area (Å²) in [5.41, 5.74) is -0.506. The van der Waals surface area contributed by atoms with Gasteiger partial charge in [0.1, 0.15) is 0 Å². The molecule has 0 aromatic carbocycles. The standard InChI is InChI=1S/C7H8F2N2O2/c1-2-11-3-5(13-4-12)6(10-11)7(8)9/h3-4,7H,2H2,1H3. The lowest BCUT2D eigenvalue weighted by Gasteiger charge is -1.95. The summed E-state index contributed by atoms with van der Waals surface area (Å²) in [5.74, 6) is -0.188. The minimum atomic E-state index is -2.73. The third kappa shape index (κ3) is 2.01. The third-order valence-corrected chi connectivity index (χ3v) is 1.46. The number of aromatic nitrogens is 2. The van der Waals surface area contributed by atoms with E-state index in [1.54, 1.807) is 6.92 Å². The second-order valence-electron chi connectivity index (χ2n) is 2.25. The average Bonchev–Trinajstić information content (AvgIpc) is 2.48. The summed E-state index contributed by atoms with van der Waals surface area (Å²) in [7, 11) is 0. The fourth-order valence-corrected chi connectivity index (χ4v) is 0.874. The zero-order valence-corrected chi connectivity index (χ0v) is 6.91. The minimum Gasteiger partial charge on any atom is -0.425 e. The fourth-order valence-electron chi connectivity index (χ4n) is 0.874. The maximum Gasteiger partial charge on any atom is 0.298 e. The number of nitrogens with zero attached hydrogens (tertiary/aromatic N) is 2. The SMILES string of the molecule is CCn1cc(OC=O)c(C(F)F)n1. The first-order valence-electron chi connectivity index (χ1n) is 3.64. The molecule has 0 amide bonds. The lowest BCUT2D eigenvalue weighted by Crippen LogP contribution is -1.96. The highest BCUT2D eigenvalue weighted by Crippen LogP contribution is 2.26. The van der Waals surface area contributed by atoms with E-state index in [0.717, 1.165) is 0 Å². The topological polar surface area (TPSA) is 44.1 Å². The molecule has 0 radical (unpaired) electrons. The summed E-state index contributed by atoms with van der Waals surface area (Å²) in [5, 5.41) is 3.53. The van der Waals surface area contributed by atoms with Crippen molar-refractivity contribution in [1.29, 1.82) is 0 Å². The number of rotatable bonds is 4. The van der Waals surface area contributed by atoms with Crippen LogP contribution in [0.15, 0.2) is 6.20 Å². The van der Waals surface area contributed by atoms with Gasteiger partial charge in [0.2, 0.25) is 0 Å². The summed E-state index contributed by atoms with van der Waals surface area (Å²) in [4.78, 5) is 9.94. The van der Waals surface area contributed by atoms with E-state index in [0.29, 0.717) is 6.54 Å². The Labute approximate surface area is 73.1 Å². The number of carbonyl (C=O) groups excluding carboxylic acids is 1. The highest BCUT2D eigenvalue weighted by molar-refractivity contribution is 5.46. The Morgan fingerprint density at radius 1 is 1.77 bits per heavy atom. The van der Waals surface area contributed by atoms with Gasteiger partial charge in [-0.3, -0.25) is 9.48 Å². The van der Waals surface area contributed by atoms with E-state index >= 15 is 0 Å². The molecule has 1 heterocycles. The number of hydrogen-bond acceptors (Lipinski definition) is 3. The van der Waals surface area contributed by atoms with Gasteiger partial charge in [0.15, 0.2) is 11.4 Å². The summed E-state index contributed by atoms with van der Waals surface area (Å²) >= 11 is 0. The monoisotopic (exact) mass is 190 g/mol. The Morgan fingerprint density at radius 3 is 2.92 bits per heavy atom. The Balaban J connectivity index is 2.99. The van der Waals surface area contributed by atoms with Crippen molar-refractivity contribution in [3.8, 4) is 5.75 Å². The lowest BCUT2D eigenvalue weighted by molar-refractivity contribution is -0.120. The van der Waals surface area contributed by atoms with Crippen LogP contribution in [0.2, 0.25) is 0 Å². The van der Waals surface area contributed by atoms with Gasteiger partial charge in [0, 0.05) is 6.54 Å². The fraction of sp³-hybridized carbons (Fsp3) is 0.429. The van der Waals surface area contributed by atoms with Crippen LogP contribution in [0.25, 0.3) is 0 Å². The highest BCUT2D eigenvalue weighted by Gasteiger charge is 2.19. The van der Waals surface area contributed by atoms with Gasteiger partial charge in [-0.1, -0.05) is 0 Å². The molecule has 0 aliphatic rings. The second-order valence-corrected chi connectivity index (χ2v) is 2.25. The molecular formula is C7H8F2N2O2. The van der Waals surface area contributed by atoms with Crippen LogP contribution in [-0.2, 0) is 11.3 Å². The van der Waals surface area contributed by atoms with Crippen LogP contribution < -0.4 is 4.74 Å². The molecule has 0 atom stereocenters. The van der Waals surface area contributed by atoms with Crippen LogP contribution in [0.1, 0.15) is 19.0 Å². The second kappa shape index (κ2) is 3.97. The third-order valence-electron chi connectivity index (χ3n) is 1.46. The van der Waals surface area contributed by atoms with Crippen LogP contribution in [0.4, 0.5) is 8.78 Å². The Bertz CT molecular complexity index is 299. The van der Waals surface area contributed by atoms with E-state index in [9.17, 15) is 13.6 Å². The van der Waals surface area contributed by atoms with Gasteiger partial charge < -0.3 is 4.74 Å². The summed E-state index contributed by atoms with van der Waals surface area (Å²) in [6.45, 7) is 2.29. The molecule has 0 saturated carbocycles. The maximum atomic E-state index is 12.2. The molecule has 0 aliphatic heterocycles. The predicted molar refractivity (Wildman–Crippen MR) is 39.6 cm³/mol. The van der Waals surface area contributed by atoms with Gasteiger partial charge in [-0.2, -0.15) is 5.10 Å². The molecule has 13 heavy (non-hydrogen) atoms. The highest BCUT2D eigenvalue weighted by atomic mass is 19.3. The van der Waals surface area contributed by atoms with Crippen LogP contribution in [0, 0.1) is 0 Å². The van der Waals surface area contributed by atoms with Crippen LogP contribution in [0.3, 0.4) is 0 Å². The lowest BCUT2D eigenvalue weighted by atomic mass is 10.4. The van der Waals surface area contributed by atoms with E-state index in [1.807, 2.05) is 0 Å². The molecule has 0 aliphatic carbocycles. The zero-order chi connectivity index (χ0) is 9.84. The molecule has 1 rings (SSSR count). The quantitative estimate of drug-likeness (QED) is 0.673. The molecule has 0 N–H and O–H groups in total. The van der Waals surface area contributed by atoms with Crippen molar-refractivity contribution < 1.29 is 18.3 Å². The van der Waals surface area contributed by atoms with E-state index in [2.05, 4.69) is 9.84 Å². The summed E-state index contributed by atoms with van der Waals surface area (Å²) in [6.07, 6.45) is -1.47. The van der Waals surface area contributed by atoms with Gasteiger partial charge in [-0.15, -0.1) is 0 Å². The van der Waals surface area contributed by atoms with Gasteiger partial charge >= 0.3 is 0 Å². The van der Waals surface area contributed by atoms with Crippen LogP contribution in [0.5, 0.6) is 5.75 Å². The van der Waals surface area contributed by atoms with Crippen molar-refractivity contribution in [1.82, 2.24) is 9.78 Å². The first-order valence-corrected chi connectivity index (χ1v) is 3.64. The Morgan fingerprint density at radius 2 is 2.46 bits per heavy atom. The van der Waals surface area contributed by atoms with Gasteiger partial charge in [-0.25, -0.2) is 8.78 Å². The van der Waals surface area contributed by atoms with Crippen LogP contribution >= 0.6 is 0 Å². The number of aryl methyl sites for hydroxylation is 1. The van der Waals surface area contributed by atoms with Crippen molar-refractivity contribution >= 4 is 6.47 Å². The molecule has 0 spiro atoms. The van der Waals surface area contributed by atoms with Gasteiger partial charge in [0.25, 0.3) is 12.9 Å². The molecule has 1 aromatic heterocycles. The van der Waals surface area contributed by atoms with E-state index in [1.165, 1.54) is 10.9 Å². The summed E-state index contributed by atoms with van der Waals surface area (Å²) < 4.78 is 30.1. The molecule has 72 valence electrons. The first-order chi connectivity index (χ1) is 6.19. The average molecular weight is 190 g/mol. The van der Waals surface area contributed by atoms with Crippen molar-refractivity contribution in [2.24, 2.45) is 0 Å². The summed E-state index contributed by atoms with van der Waals surface area (Å²) in [6, 6.07) is 0. The van der Waals surface area contributed by atoms with Crippen molar-refractivity contribution in [2.45, 2.75) is 19.9 Å². The van der Waals surface area contributed by atoms with Gasteiger partial charge in [0.05, 0.1) is 6.20 Å². The van der Waals surface area contributed by atoms with Crippen molar-refractivity contribution in [3.63, 3.8) is 0 Å². The molecule has 1 aromatic rings. The van der Waals surface area contributed by atoms with Gasteiger partial charge in [-0.05, 0) is 6.92 Å². The molecule has 0 saturated heterocycles. The smallest absolute Gasteiger partial charge is 0.298 e. The van der Waals surface area contributed by atoms with E-state index in [4.69, 9.17) is 0 Å². The number of ether oxygens (including phenoxy) is 1. The maximum absolute atomic E-state index is 12.2. The largest absolute Gasteiger partial charge is 0.425 e. The van der Waals surface area contributed by atoms with E-state index < -0.39 is 12.1 Å². The number of halogens is 2. The molecule has 0 fully saturated rings. The minimum absolute atomic E-state index is 0.100. The molecule has 0 bridgehead atoms. The Hall–Kier alpha value is -1.46. The first kappa shape index (κ1) is 9.63. The molecule has 6 heteroatoms. The zero-order valence-electron chi connectivity index (χ0n) is 6.91. The normalized spacial score (nSPS) is 10.5. The number of carbonyl (C=O) groups is 1. The molecule has 0 unspecified atom stereocenters. The Kier molecular flexibility index (Phi) is 2.94. The molecular weight excluding hydrogens is 182 g/mol. The number of hydrogen-bond donors (Lipinski definition) is 0.